The summed E-state index contributed by atoms with van der Waals surface area (Å²) in [6.45, 7) is 0.272. The van der Waals surface area contributed by atoms with Crippen LogP contribution in [0.5, 0.6) is 0 Å². The minimum Gasteiger partial charge on any atom is -0.481 e. The summed E-state index contributed by atoms with van der Waals surface area (Å²) in [5.74, 6) is -1.91. The largest absolute Gasteiger partial charge is 0.481 e. The maximum absolute atomic E-state index is 13.8. The van der Waals surface area contributed by atoms with Gasteiger partial charge in [-0.2, -0.15) is 0 Å². The van der Waals surface area contributed by atoms with E-state index in [9.17, 15) is 23.9 Å². The molecule has 3 aromatic carbocycles. The van der Waals surface area contributed by atoms with Gasteiger partial charge in [-0.25, -0.2) is 4.39 Å². The van der Waals surface area contributed by atoms with Gasteiger partial charge in [0.2, 0.25) is 5.91 Å². The molecule has 1 aliphatic heterocycles. The maximum atomic E-state index is 13.8. The first-order valence-corrected chi connectivity index (χ1v) is 11.6. The van der Waals surface area contributed by atoms with Crippen molar-refractivity contribution in [2.45, 2.75) is 6.42 Å². The van der Waals surface area contributed by atoms with E-state index in [2.05, 4.69) is 10.6 Å². The van der Waals surface area contributed by atoms with E-state index in [-0.39, 0.29) is 18.9 Å². The number of amides is 2. The molecular formula is C28H27FN4O4. The molecule has 0 aliphatic carbocycles. The zero-order chi connectivity index (χ0) is 26.7. The Balaban J connectivity index is 1.75. The monoisotopic (exact) mass is 502 g/mol. The minimum absolute atomic E-state index is 0.0600. The predicted molar refractivity (Wildman–Crippen MR) is 142 cm³/mol. The van der Waals surface area contributed by atoms with Crippen LogP contribution >= 0.6 is 0 Å². The van der Waals surface area contributed by atoms with Crippen LogP contribution in [0.4, 0.5) is 21.5 Å². The van der Waals surface area contributed by atoms with Crippen LogP contribution in [0, 0.1) is 5.82 Å². The zero-order valence-electron chi connectivity index (χ0n) is 20.7. The molecule has 3 aromatic rings. The Kier molecular flexibility index (Phi) is 7.35. The fourth-order valence-corrected chi connectivity index (χ4v) is 4.12. The van der Waals surface area contributed by atoms with Gasteiger partial charge < -0.3 is 25.5 Å². The normalized spacial score (nSPS) is 13.7. The van der Waals surface area contributed by atoms with Crippen molar-refractivity contribution in [2.75, 3.05) is 43.2 Å². The van der Waals surface area contributed by atoms with Gasteiger partial charge in [-0.15, -0.1) is 0 Å². The van der Waals surface area contributed by atoms with Gasteiger partial charge >= 0.3 is 5.97 Å². The van der Waals surface area contributed by atoms with E-state index >= 15 is 0 Å². The van der Waals surface area contributed by atoms with Crippen molar-refractivity contribution in [3.63, 3.8) is 0 Å². The molecule has 0 radical (unpaired) electrons. The molecule has 2 amide bonds. The smallest absolute Gasteiger partial charge is 0.307 e. The Morgan fingerprint density at radius 2 is 1.73 bits per heavy atom. The lowest BCUT2D eigenvalue weighted by Crippen LogP contribution is -2.34. The van der Waals surface area contributed by atoms with Crippen molar-refractivity contribution in [2.24, 2.45) is 0 Å². The standard InChI is InChI=1S/C28H27FN4O4/c1-32(2)16-24(34)33(3)21-10-8-20(9-11-21)30-27(18-6-4-5-17(13-18)14-25(35)36)26-22-12-7-19(29)15-23(22)31-28(26)37/h4-13,15,30H,14,16H2,1-3H3,(H,31,37)(H,35,36)/b27-26-. The third-order valence-corrected chi connectivity index (χ3v) is 5.90. The van der Waals surface area contributed by atoms with Crippen LogP contribution in [0.3, 0.4) is 0 Å². The van der Waals surface area contributed by atoms with Crippen LogP contribution in [-0.2, 0) is 20.8 Å². The first-order valence-electron chi connectivity index (χ1n) is 11.6. The first kappa shape index (κ1) is 25.6. The van der Waals surface area contributed by atoms with Crippen LogP contribution in [-0.4, -0.2) is 55.5 Å². The Hall–Kier alpha value is -4.50. The summed E-state index contributed by atoms with van der Waals surface area (Å²) in [7, 11) is 5.35. The number of carboxylic acid groups (broad SMARTS) is 1. The van der Waals surface area contributed by atoms with E-state index in [4.69, 9.17) is 0 Å². The number of carbonyl (C=O) groups excluding carboxylic acids is 2. The van der Waals surface area contributed by atoms with Crippen molar-refractivity contribution in [1.29, 1.82) is 0 Å². The lowest BCUT2D eigenvalue weighted by Gasteiger charge is -2.20. The number of likely N-dealkylation sites (N-methyl/N-ethyl adjacent to an activating group) is 2. The van der Waals surface area contributed by atoms with E-state index in [0.717, 1.165) is 0 Å². The van der Waals surface area contributed by atoms with E-state index in [1.165, 1.54) is 18.2 Å². The molecular weight excluding hydrogens is 475 g/mol. The van der Waals surface area contributed by atoms with E-state index in [0.29, 0.717) is 45.0 Å². The van der Waals surface area contributed by atoms with Gasteiger partial charge in [0.05, 0.1) is 29.9 Å². The van der Waals surface area contributed by atoms with Gasteiger partial charge in [-0.1, -0.05) is 18.2 Å². The summed E-state index contributed by atoms with van der Waals surface area (Å²) in [5, 5.41) is 15.2. The molecule has 0 fully saturated rings. The fraction of sp³-hybridized carbons (Fsp3) is 0.179. The summed E-state index contributed by atoms with van der Waals surface area (Å²) in [6.07, 6.45) is -0.174. The summed E-state index contributed by atoms with van der Waals surface area (Å²) < 4.78 is 13.8. The topological polar surface area (TPSA) is 102 Å². The summed E-state index contributed by atoms with van der Waals surface area (Å²) in [6, 6.07) is 18.1. The molecule has 8 nitrogen and oxygen atoms in total. The van der Waals surface area contributed by atoms with E-state index < -0.39 is 17.7 Å². The highest BCUT2D eigenvalue weighted by atomic mass is 19.1. The Morgan fingerprint density at radius 3 is 2.41 bits per heavy atom. The average Bonchev–Trinajstić information content (AvgIpc) is 3.16. The Morgan fingerprint density at radius 1 is 1.00 bits per heavy atom. The summed E-state index contributed by atoms with van der Waals surface area (Å²) >= 11 is 0. The van der Waals surface area contributed by atoms with Crippen LogP contribution in [0.15, 0.2) is 66.7 Å². The number of halogens is 1. The number of nitrogens with zero attached hydrogens (tertiary/aromatic N) is 2. The Labute approximate surface area is 214 Å². The minimum atomic E-state index is -0.970. The fourth-order valence-electron chi connectivity index (χ4n) is 4.12. The third-order valence-electron chi connectivity index (χ3n) is 5.90. The van der Waals surface area contributed by atoms with E-state index in [1.807, 2.05) is 14.1 Å². The number of benzene rings is 3. The van der Waals surface area contributed by atoms with Crippen LogP contribution in [0.2, 0.25) is 0 Å². The number of carboxylic acids is 1. The number of rotatable bonds is 8. The van der Waals surface area contributed by atoms with Crippen LogP contribution in [0.1, 0.15) is 16.7 Å². The summed E-state index contributed by atoms with van der Waals surface area (Å²) in [4.78, 5) is 40.1. The molecule has 9 heteroatoms. The number of nitrogens with one attached hydrogen (secondary N) is 2. The van der Waals surface area contributed by atoms with Gasteiger partial charge in [-0.05, 0) is 73.8 Å². The molecule has 1 heterocycles. The van der Waals surface area contributed by atoms with Gasteiger partial charge in [0.15, 0.2) is 0 Å². The second-order valence-corrected chi connectivity index (χ2v) is 9.03. The lowest BCUT2D eigenvalue weighted by molar-refractivity contribution is -0.136. The molecule has 0 aromatic heterocycles. The molecule has 0 saturated heterocycles. The second kappa shape index (κ2) is 10.6. The van der Waals surface area contributed by atoms with Crippen molar-refractivity contribution >= 4 is 46.1 Å². The number of aliphatic carboxylic acids is 1. The number of carbonyl (C=O) groups is 3. The quantitative estimate of drug-likeness (QED) is 0.404. The highest BCUT2D eigenvalue weighted by Crippen LogP contribution is 2.38. The molecule has 0 spiro atoms. The molecule has 0 atom stereocenters. The number of fused-ring (bicyclic) bond motifs is 1. The molecule has 190 valence electrons. The average molecular weight is 503 g/mol. The van der Waals surface area contributed by atoms with Gasteiger partial charge in [0.25, 0.3) is 5.91 Å². The molecule has 4 rings (SSSR count). The molecule has 1 aliphatic rings. The van der Waals surface area contributed by atoms with Crippen LogP contribution in [0.25, 0.3) is 11.3 Å². The third kappa shape index (κ3) is 5.84. The highest BCUT2D eigenvalue weighted by Gasteiger charge is 2.29. The number of hydrogen-bond acceptors (Lipinski definition) is 5. The highest BCUT2D eigenvalue weighted by molar-refractivity contribution is 6.37. The molecule has 0 unspecified atom stereocenters. The predicted octanol–water partition coefficient (Wildman–Crippen LogP) is 3.91. The summed E-state index contributed by atoms with van der Waals surface area (Å²) in [5.41, 5.74) is 4.16. The van der Waals surface area contributed by atoms with Crippen LogP contribution < -0.4 is 15.5 Å². The van der Waals surface area contributed by atoms with Gasteiger partial charge in [0, 0.05) is 24.0 Å². The molecule has 3 N–H and O–H groups in total. The number of anilines is 3. The lowest BCUT2D eigenvalue weighted by atomic mass is 9.98. The molecule has 37 heavy (non-hydrogen) atoms. The molecule has 0 saturated carbocycles. The van der Waals surface area contributed by atoms with Crippen molar-refractivity contribution in [1.82, 2.24) is 4.90 Å². The Bertz CT molecular complexity index is 1400. The molecule has 0 bridgehead atoms. The van der Waals surface area contributed by atoms with E-state index in [1.54, 1.807) is 65.4 Å². The van der Waals surface area contributed by atoms with Crippen molar-refractivity contribution < 1.29 is 23.9 Å². The van der Waals surface area contributed by atoms with Gasteiger partial charge in [-0.3, -0.25) is 14.4 Å². The second-order valence-electron chi connectivity index (χ2n) is 9.03. The van der Waals surface area contributed by atoms with Crippen molar-refractivity contribution in [3.05, 3.63) is 89.2 Å². The van der Waals surface area contributed by atoms with Crippen molar-refractivity contribution in [3.8, 4) is 0 Å². The number of hydrogen-bond donors (Lipinski definition) is 3. The zero-order valence-corrected chi connectivity index (χ0v) is 20.7. The first-order chi connectivity index (χ1) is 17.6. The SMILES string of the molecule is CN(C)CC(=O)N(C)c1ccc(N/C(=C2\C(=O)Nc3cc(F)ccc32)c2cccc(CC(=O)O)c2)cc1. The van der Waals surface area contributed by atoms with Gasteiger partial charge in [0.1, 0.15) is 5.82 Å². The maximum Gasteiger partial charge on any atom is 0.307 e.